The molecular weight excluding hydrogens is 224 g/mol. The molecule has 100 valence electrons. The molecule has 2 nitrogen and oxygen atoms in total. The Kier molecular flexibility index (Phi) is 4.44. The molecule has 1 rings (SSSR count). The van der Waals surface area contributed by atoms with Gasteiger partial charge < -0.3 is 10.2 Å². The molecule has 0 aliphatic rings. The van der Waals surface area contributed by atoms with Gasteiger partial charge in [0.1, 0.15) is 11.5 Å². The number of phenols is 2. The van der Waals surface area contributed by atoms with Crippen molar-refractivity contribution in [3.05, 3.63) is 34.9 Å². The Morgan fingerprint density at radius 3 is 2.11 bits per heavy atom. The molecule has 0 amide bonds. The third-order valence-corrected chi connectivity index (χ3v) is 3.46. The number of hydrogen-bond acceptors (Lipinski definition) is 2. The van der Waals surface area contributed by atoms with Crippen LogP contribution >= 0.6 is 0 Å². The number of aromatic hydroxyl groups is 2. The summed E-state index contributed by atoms with van der Waals surface area (Å²) in [6.07, 6.45) is 4.21. The van der Waals surface area contributed by atoms with Gasteiger partial charge in [-0.2, -0.15) is 0 Å². The minimum Gasteiger partial charge on any atom is -0.508 e. The Morgan fingerprint density at radius 2 is 1.67 bits per heavy atom. The summed E-state index contributed by atoms with van der Waals surface area (Å²) in [5, 5.41) is 19.6. The van der Waals surface area contributed by atoms with Gasteiger partial charge in [0.15, 0.2) is 0 Å². The zero-order valence-electron chi connectivity index (χ0n) is 12.0. The second-order valence-corrected chi connectivity index (χ2v) is 5.84. The van der Waals surface area contributed by atoms with E-state index < -0.39 is 0 Å². The number of phenolic OH excluding ortho intramolecular Hbond substituents is 2. The average molecular weight is 248 g/mol. The Bertz CT molecular complexity index is 429. The Balaban J connectivity index is 2.94. The molecule has 0 heterocycles. The van der Waals surface area contributed by atoms with E-state index in [1.807, 2.05) is 0 Å². The number of hydrogen-bond donors (Lipinski definition) is 2. The standard InChI is InChI=1S/C16H24O2/c1-11(2)7-6-8-16(4,5)13-9-14(17)12(3)15(18)10-13/h7,9-10,17-18H,6,8H2,1-5H3. The van der Waals surface area contributed by atoms with Crippen molar-refractivity contribution < 1.29 is 10.2 Å². The molecule has 0 bridgehead atoms. The fourth-order valence-electron chi connectivity index (χ4n) is 1.94. The average Bonchev–Trinajstić information content (AvgIpc) is 2.24. The quantitative estimate of drug-likeness (QED) is 0.774. The fourth-order valence-corrected chi connectivity index (χ4v) is 1.94. The van der Waals surface area contributed by atoms with E-state index in [4.69, 9.17) is 0 Å². The molecule has 0 saturated heterocycles. The normalized spacial score (nSPS) is 11.4. The minimum atomic E-state index is -0.0609. The largest absolute Gasteiger partial charge is 0.508 e. The van der Waals surface area contributed by atoms with E-state index in [0.717, 1.165) is 18.4 Å². The van der Waals surface area contributed by atoms with Crippen LogP contribution in [0.5, 0.6) is 11.5 Å². The number of allylic oxidation sites excluding steroid dienone is 2. The molecule has 0 unspecified atom stereocenters. The topological polar surface area (TPSA) is 40.5 Å². The van der Waals surface area contributed by atoms with E-state index in [1.165, 1.54) is 5.57 Å². The maximum Gasteiger partial charge on any atom is 0.122 e. The highest BCUT2D eigenvalue weighted by Crippen LogP contribution is 2.36. The maximum absolute atomic E-state index is 9.79. The lowest BCUT2D eigenvalue weighted by molar-refractivity contribution is 0.429. The molecule has 0 radical (unpaired) electrons. The van der Waals surface area contributed by atoms with Crippen LogP contribution in [0.15, 0.2) is 23.8 Å². The second kappa shape index (κ2) is 5.47. The smallest absolute Gasteiger partial charge is 0.122 e. The molecule has 0 spiro atoms. The SMILES string of the molecule is CC(C)=CCCC(C)(C)c1cc(O)c(C)c(O)c1. The van der Waals surface area contributed by atoms with Crippen LogP contribution in [0.4, 0.5) is 0 Å². The minimum absolute atomic E-state index is 0.0609. The third-order valence-electron chi connectivity index (χ3n) is 3.46. The summed E-state index contributed by atoms with van der Waals surface area (Å²) in [4.78, 5) is 0. The van der Waals surface area contributed by atoms with Crippen LogP contribution < -0.4 is 0 Å². The molecule has 0 aliphatic heterocycles. The van der Waals surface area contributed by atoms with E-state index in [2.05, 4.69) is 33.8 Å². The van der Waals surface area contributed by atoms with E-state index >= 15 is 0 Å². The third kappa shape index (κ3) is 3.52. The molecule has 1 aromatic carbocycles. The van der Waals surface area contributed by atoms with E-state index in [0.29, 0.717) is 5.56 Å². The van der Waals surface area contributed by atoms with Gasteiger partial charge in [-0.25, -0.2) is 0 Å². The summed E-state index contributed by atoms with van der Waals surface area (Å²) >= 11 is 0. The summed E-state index contributed by atoms with van der Waals surface area (Å²) in [5.41, 5.74) is 2.78. The lowest BCUT2D eigenvalue weighted by atomic mass is 9.80. The van der Waals surface area contributed by atoms with Crippen LogP contribution in [-0.4, -0.2) is 10.2 Å². The van der Waals surface area contributed by atoms with Gasteiger partial charge >= 0.3 is 0 Å². The summed E-state index contributed by atoms with van der Waals surface area (Å²) < 4.78 is 0. The molecule has 0 atom stereocenters. The molecule has 0 aliphatic carbocycles. The lowest BCUT2D eigenvalue weighted by Gasteiger charge is -2.25. The first-order valence-corrected chi connectivity index (χ1v) is 6.40. The Labute approximate surface area is 110 Å². The lowest BCUT2D eigenvalue weighted by Crippen LogP contribution is -2.16. The zero-order chi connectivity index (χ0) is 13.9. The monoisotopic (exact) mass is 248 g/mol. The van der Waals surface area contributed by atoms with Crippen molar-refractivity contribution in [2.75, 3.05) is 0 Å². The van der Waals surface area contributed by atoms with Crippen LogP contribution in [0.1, 0.15) is 51.7 Å². The van der Waals surface area contributed by atoms with Crippen LogP contribution in [0.2, 0.25) is 0 Å². The summed E-state index contributed by atoms with van der Waals surface area (Å²) in [6, 6.07) is 3.52. The molecule has 0 saturated carbocycles. The van der Waals surface area contributed by atoms with Gasteiger partial charge in [0, 0.05) is 5.56 Å². The van der Waals surface area contributed by atoms with Crippen molar-refractivity contribution in [1.82, 2.24) is 0 Å². The highest BCUT2D eigenvalue weighted by Gasteiger charge is 2.22. The van der Waals surface area contributed by atoms with E-state index in [1.54, 1.807) is 19.1 Å². The van der Waals surface area contributed by atoms with Gasteiger partial charge in [0.05, 0.1) is 0 Å². The Morgan fingerprint density at radius 1 is 1.17 bits per heavy atom. The molecule has 0 fully saturated rings. The molecule has 2 N–H and O–H groups in total. The van der Waals surface area contributed by atoms with Gasteiger partial charge in [0.25, 0.3) is 0 Å². The van der Waals surface area contributed by atoms with Crippen LogP contribution in [-0.2, 0) is 5.41 Å². The van der Waals surface area contributed by atoms with Crippen molar-refractivity contribution in [2.45, 2.75) is 52.9 Å². The first kappa shape index (κ1) is 14.6. The molecular formula is C16H24O2. The predicted octanol–water partition coefficient (Wildman–Crippen LogP) is 4.43. The maximum atomic E-state index is 9.79. The molecule has 1 aromatic rings. The highest BCUT2D eigenvalue weighted by atomic mass is 16.3. The van der Waals surface area contributed by atoms with Crippen LogP contribution in [0.3, 0.4) is 0 Å². The van der Waals surface area contributed by atoms with Crippen molar-refractivity contribution in [3.8, 4) is 11.5 Å². The zero-order valence-corrected chi connectivity index (χ0v) is 12.0. The first-order chi connectivity index (χ1) is 8.24. The fraction of sp³-hybridized carbons (Fsp3) is 0.500. The molecule has 0 aromatic heterocycles. The van der Waals surface area contributed by atoms with Crippen molar-refractivity contribution in [2.24, 2.45) is 0 Å². The van der Waals surface area contributed by atoms with Gasteiger partial charge in [-0.3, -0.25) is 0 Å². The molecule has 2 heteroatoms. The summed E-state index contributed by atoms with van der Waals surface area (Å²) in [5.74, 6) is 0.334. The predicted molar refractivity (Wildman–Crippen MR) is 76.2 cm³/mol. The van der Waals surface area contributed by atoms with Gasteiger partial charge in [-0.1, -0.05) is 25.5 Å². The van der Waals surface area contributed by atoms with E-state index in [-0.39, 0.29) is 16.9 Å². The second-order valence-electron chi connectivity index (χ2n) is 5.84. The number of benzene rings is 1. The van der Waals surface area contributed by atoms with Gasteiger partial charge in [0.2, 0.25) is 0 Å². The van der Waals surface area contributed by atoms with Gasteiger partial charge in [-0.15, -0.1) is 0 Å². The van der Waals surface area contributed by atoms with Crippen LogP contribution in [0, 0.1) is 6.92 Å². The summed E-state index contributed by atoms with van der Waals surface area (Å²) in [7, 11) is 0. The molecule has 18 heavy (non-hydrogen) atoms. The highest BCUT2D eigenvalue weighted by molar-refractivity contribution is 5.47. The van der Waals surface area contributed by atoms with Gasteiger partial charge in [-0.05, 0) is 56.7 Å². The first-order valence-electron chi connectivity index (χ1n) is 6.40. The number of rotatable bonds is 4. The van der Waals surface area contributed by atoms with Crippen molar-refractivity contribution in [3.63, 3.8) is 0 Å². The summed E-state index contributed by atoms with van der Waals surface area (Å²) in [6.45, 7) is 10.2. The van der Waals surface area contributed by atoms with Crippen LogP contribution in [0.25, 0.3) is 0 Å². The Hall–Kier alpha value is -1.44. The van der Waals surface area contributed by atoms with Crippen molar-refractivity contribution in [1.29, 1.82) is 0 Å². The van der Waals surface area contributed by atoms with Crippen molar-refractivity contribution >= 4 is 0 Å². The van der Waals surface area contributed by atoms with E-state index in [9.17, 15) is 10.2 Å².